The van der Waals surface area contributed by atoms with E-state index in [0.717, 1.165) is 62.3 Å². The molecule has 0 radical (unpaired) electrons. The highest BCUT2D eigenvalue weighted by Crippen LogP contribution is 2.33. The number of likely N-dealkylation sites (N-methyl/N-ethyl adjacent to an activating group) is 1. The van der Waals surface area contributed by atoms with Crippen LogP contribution < -0.4 is 47.3 Å². The van der Waals surface area contributed by atoms with Gasteiger partial charge in [-0.3, -0.25) is 24.0 Å². The molecule has 85 heavy (non-hydrogen) atoms. The number of nitrogens with one attached hydrogen (secondary N) is 8. The third-order valence-electron chi connectivity index (χ3n) is 14.0. The summed E-state index contributed by atoms with van der Waals surface area (Å²) in [5.74, 6) is 2.74. The summed E-state index contributed by atoms with van der Waals surface area (Å²) in [4.78, 5) is 87.8. The lowest BCUT2D eigenvalue weighted by Crippen LogP contribution is -2.40. The number of thioether (sulfide) groups is 1. The van der Waals surface area contributed by atoms with Crippen molar-refractivity contribution in [2.24, 2.45) is 0 Å². The molecule has 7 amide bonds. The van der Waals surface area contributed by atoms with E-state index in [2.05, 4.69) is 57.4 Å². The predicted molar refractivity (Wildman–Crippen MR) is 328 cm³/mol. The molecule has 3 aliphatic heterocycles. The molecule has 460 valence electrons. The first-order valence-corrected chi connectivity index (χ1v) is 30.7. The monoisotopic (exact) mass is 1190 g/mol. The van der Waals surface area contributed by atoms with Crippen LogP contribution in [0.3, 0.4) is 0 Å². The SMILES string of the molecule is CN(C/C=C/C(=O)Nc1cc(Nc2cc(Nc3ccc(Oc4ccccc4)cc3)ncn2)cc(C(=O)N2CCOCC2)c1)CCCCNC(=O)CCCC(=O)NCCCOCCOCCOCCCNC(=O)CCCC[C@@H]1SC[C@@H]2NC(=O)N[C@@H]21. The molecule has 3 aliphatic rings. The van der Waals surface area contributed by atoms with Crippen LogP contribution in [0.15, 0.2) is 97.3 Å². The standard InChI is InChI=1S/C61H84N12O11S/c1-72(27-8-7-24-62-56(75)17-9-18-57(76)64-26-12-32-81-36-38-83-37-35-80-31-11-25-63-55(74)16-6-5-15-52-59-51(43-85-52)70-61(79)71-59)28-10-19-58(77)69-48-40-45(60(78)73-29-33-82-34-30-73)39-47(41-48)68-54-42-53(65-44-66-54)67-46-20-22-50(23-21-46)84-49-13-3-2-4-14-49/h2-4,10,13-14,19-23,39-42,44,51-52,59H,5-9,11-12,15-18,24-38,43H2,1H3,(H,62,75)(H,63,74)(H,64,76)(H,69,77)(H2,70,71,79)(H2,65,66,67,68)/b19-10+/t51-,52-,59-/m0/s1. The van der Waals surface area contributed by atoms with Crippen LogP contribution in [-0.2, 0) is 38.1 Å². The van der Waals surface area contributed by atoms with Gasteiger partial charge < -0.3 is 76.0 Å². The minimum atomic E-state index is -0.350. The number of carbonyl (C=O) groups is 6. The number of aromatic nitrogens is 2. The molecular formula is C61H84N12O11S. The van der Waals surface area contributed by atoms with Crippen LogP contribution in [0.4, 0.5) is 33.5 Å². The van der Waals surface area contributed by atoms with Gasteiger partial charge in [-0.2, -0.15) is 11.8 Å². The number of carbonyl (C=O) groups excluding carboxylic acids is 6. The summed E-state index contributed by atoms with van der Waals surface area (Å²) >= 11 is 1.90. The Balaban J connectivity index is 0.666. The Kier molecular flexibility index (Phi) is 28.5. The van der Waals surface area contributed by atoms with Gasteiger partial charge in [0, 0.05) is 118 Å². The van der Waals surface area contributed by atoms with Crippen molar-refractivity contribution in [3.63, 3.8) is 0 Å². The fourth-order valence-electron chi connectivity index (χ4n) is 9.51. The largest absolute Gasteiger partial charge is 0.457 e. The third kappa shape index (κ3) is 25.0. The van der Waals surface area contributed by atoms with Gasteiger partial charge in [0.25, 0.3) is 5.91 Å². The van der Waals surface area contributed by atoms with Gasteiger partial charge >= 0.3 is 6.03 Å². The van der Waals surface area contributed by atoms with Gasteiger partial charge in [-0.05, 0) is 113 Å². The van der Waals surface area contributed by atoms with Crippen molar-refractivity contribution in [2.75, 3.05) is 127 Å². The number of nitrogens with zero attached hydrogens (tertiary/aromatic N) is 4. The lowest BCUT2D eigenvalue weighted by atomic mass is 10.0. The number of benzene rings is 3. The van der Waals surface area contributed by atoms with Crippen LogP contribution in [0.1, 0.15) is 81.0 Å². The smallest absolute Gasteiger partial charge is 0.315 e. The van der Waals surface area contributed by atoms with Crippen molar-refractivity contribution in [1.82, 2.24) is 46.4 Å². The maximum Gasteiger partial charge on any atom is 0.315 e. The molecular weight excluding hydrogens is 1110 g/mol. The molecule has 0 unspecified atom stereocenters. The van der Waals surface area contributed by atoms with Gasteiger partial charge in [-0.25, -0.2) is 14.8 Å². The van der Waals surface area contributed by atoms with Gasteiger partial charge in [-0.1, -0.05) is 30.7 Å². The number of para-hydroxylation sites is 1. The van der Waals surface area contributed by atoms with E-state index in [1.54, 1.807) is 35.2 Å². The van der Waals surface area contributed by atoms with Crippen molar-refractivity contribution in [1.29, 1.82) is 0 Å². The third-order valence-corrected chi connectivity index (χ3v) is 15.5. The number of ether oxygens (including phenoxy) is 5. The van der Waals surface area contributed by atoms with Crippen LogP contribution in [0.5, 0.6) is 11.5 Å². The van der Waals surface area contributed by atoms with Crippen molar-refractivity contribution in [2.45, 2.75) is 88.0 Å². The molecule has 3 saturated heterocycles. The molecule has 1 aromatic heterocycles. The molecule has 3 aromatic carbocycles. The fraction of sp³-hybridized carbons (Fsp3) is 0.508. The molecule has 7 rings (SSSR count). The second-order valence-electron chi connectivity index (χ2n) is 20.9. The fourth-order valence-corrected chi connectivity index (χ4v) is 11.1. The van der Waals surface area contributed by atoms with Crippen molar-refractivity contribution in [3.05, 3.63) is 103 Å². The van der Waals surface area contributed by atoms with Gasteiger partial charge in [0.2, 0.25) is 23.6 Å². The lowest BCUT2D eigenvalue weighted by molar-refractivity contribution is -0.123. The van der Waals surface area contributed by atoms with E-state index in [4.69, 9.17) is 23.7 Å². The summed E-state index contributed by atoms with van der Waals surface area (Å²) in [5, 5.41) is 24.6. The molecule has 0 spiro atoms. The summed E-state index contributed by atoms with van der Waals surface area (Å²) in [6.45, 7) is 7.53. The number of fused-ring (bicyclic) bond motifs is 1. The summed E-state index contributed by atoms with van der Waals surface area (Å²) in [5.41, 5.74) is 2.16. The molecule has 24 heteroatoms. The number of morpholine rings is 1. The van der Waals surface area contributed by atoms with Crippen LogP contribution >= 0.6 is 11.8 Å². The van der Waals surface area contributed by atoms with Crippen molar-refractivity contribution < 1.29 is 52.5 Å². The van der Waals surface area contributed by atoms with Gasteiger partial charge in [0.15, 0.2) is 0 Å². The summed E-state index contributed by atoms with van der Waals surface area (Å²) in [6.07, 6.45) is 12.0. The Morgan fingerprint density at radius 2 is 1.29 bits per heavy atom. The number of anilines is 5. The van der Waals surface area contributed by atoms with Gasteiger partial charge in [0.05, 0.1) is 51.7 Å². The van der Waals surface area contributed by atoms with E-state index >= 15 is 0 Å². The number of hydrogen-bond donors (Lipinski definition) is 8. The zero-order valence-electron chi connectivity index (χ0n) is 48.7. The van der Waals surface area contributed by atoms with E-state index in [1.807, 2.05) is 73.4 Å². The summed E-state index contributed by atoms with van der Waals surface area (Å²) < 4.78 is 28.1. The molecule has 3 atom stereocenters. The average molecular weight is 1190 g/mol. The van der Waals surface area contributed by atoms with E-state index in [0.29, 0.717) is 151 Å². The summed E-state index contributed by atoms with van der Waals surface area (Å²) in [6, 6.07) is 24.3. The molecule has 23 nitrogen and oxygen atoms in total. The normalized spacial score (nSPS) is 16.3. The first-order valence-electron chi connectivity index (χ1n) is 29.6. The zero-order chi connectivity index (χ0) is 59.7. The number of unbranched alkanes of at least 4 members (excludes halogenated alkanes) is 2. The molecule has 3 fully saturated rings. The maximum absolute atomic E-state index is 13.7. The van der Waals surface area contributed by atoms with E-state index in [9.17, 15) is 28.8 Å². The van der Waals surface area contributed by atoms with E-state index < -0.39 is 0 Å². The highest BCUT2D eigenvalue weighted by molar-refractivity contribution is 8.00. The predicted octanol–water partition coefficient (Wildman–Crippen LogP) is 6.51. The van der Waals surface area contributed by atoms with E-state index in [1.165, 1.54) is 12.4 Å². The molecule has 0 aliphatic carbocycles. The minimum absolute atomic E-state index is 0.0582. The first-order chi connectivity index (χ1) is 41.5. The molecule has 0 bridgehead atoms. The molecule has 4 heterocycles. The van der Waals surface area contributed by atoms with Crippen LogP contribution in [0, 0.1) is 0 Å². The average Bonchev–Trinajstić information content (AvgIpc) is 4.30. The van der Waals surface area contributed by atoms with Crippen LogP contribution in [0.2, 0.25) is 0 Å². The van der Waals surface area contributed by atoms with Crippen molar-refractivity contribution in [3.8, 4) is 11.5 Å². The van der Waals surface area contributed by atoms with E-state index in [-0.39, 0.29) is 60.5 Å². The van der Waals surface area contributed by atoms with Gasteiger partial charge in [0.1, 0.15) is 29.5 Å². The highest BCUT2D eigenvalue weighted by Gasteiger charge is 2.42. The van der Waals surface area contributed by atoms with Crippen molar-refractivity contribution >= 4 is 76.0 Å². The molecule has 4 aromatic rings. The lowest BCUT2D eigenvalue weighted by Gasteiger charge is -2.27. The minimum Gasteiger partial charge on any atom is -0.457 e. The second-order valence-corrected chi connectivity index (χ2v) is 22.1. The zero-order valence-corrected chi connectivity index (χ0v) is 49.6. The number of rotatable bonds is 39. The highest BCUT2D eigenvalue weighted by atomic mass is 32.2. The number of hydrogen-bond acceptors (Lipinski definition) is 17. The Labute approximate surface area is 502 Å². The quantitative estimate of drug-likeness (QED) is 0.0134. The topological polar surface area (TPSA) is 277 Å². The Morgan fingerprint density at radius 1 is 0.682 bits per heavy atom. The first kappa shape index (κ1) is 65.2. The number of amides is 7. The second kappa shape index (κ2) is 37.2. The molecule has 8 N–H and O–H groups in total. The Bertz CT molecular complexity index is 2740. The Morgan fingerprint density at radius 3 is 1.98 bits per heavy atom. The maximum atomic E-state index is 13.7. The number of urea groups is 1. The Hall–Kier alpha value is -7.35. The van der Waals surface area contributed by atoms with Crippen LogP contribution in [-0.4, -0.2) is 184 Å². The van der Waals surface area contributed by atoms with Gasteiger partial charge in [-0.15, -0.1) is 0 Å². The molecule has 0 saturated carbocycles. The summed E-state index contributed by atoms with van der Waals surface area (Å²) in [7, 11) is 1.96. The van der Waals surface area contributed by atoms with Crippen LogP contribution in [0.25, 0.3) is 0 Å².